The summed E-state index contributed by atoms with van der Waals surface area (Å²) in [4.78, 5) is 0. The average Bonchev–Trinajstić information content (AvgIpc) is 2.74. The predicted octanol–water partition coefficient (Wildman–Crippen LogP) is 2.22. The van der Waals surface area contributed by atoms with Crippen LogP contribution >= 0.6 is 34.2 Å². The van der Waals surface area contributed by atoms with Gasteiger partial charge >= 0.3 is 0 Å². The van der Waals surface area contributed by atoms with Gasteiger partial charge in [-0.05, 0) is 40.8 Å². The zero-order valence-electron chi connectivity index (χ0n) is 8.51. The molecule has 1 aromatic carbocycles. The summed E-state index contributed by atoms with van der Waals surface area (Å²) < 4.78 is 2.63. The average molecular weight is 363 g/mol. The highest BCUT2D eigenvalue weighted by molar-refractivity contribution is 14.1. The van der Waals surface area contributed by atoms with Crippen LogP contribution in [0, 0.1) is 3.57 Å². The maximum absolute atomic E-state index is 8.74. The third kappa shape index (κ3) is 2.52. The van der Waals surface area contributed by atoms with Crippen LogP contribution in [0.2, 0.25) is 5.02 Å². The Labute approximate surface area is 116 Å². The summed E-state index contributed by atoms with van der Waals surface area (Å²) >= 11 is 8.04. The first-order valence-electron chi connectivity index (χ1n) is 4.60. The molecule has 0 fully saturated rings. The topological polar surface area (TPSA) is 76.4 Å². The molecule has 17 heavy (non-hydrogen) atoms. The monoisotopic (exact) mass is 362 g/mol. The number of rotatable bonds is 2. The number of benzene rings is 1. The zero-order valence-corrected chi connectivity index (χ0v) is 11.4. The molecule has 2 aromatic rings. The quantitative estimate of drug-likeness (QED) is 0.283. The normalized spacial score (nSPS) is 11.8. The highest BCUT2D eigenvalue weighted by Crippen LogP contribution is 2.20. The van der Waals surface area contributed by atoms with E-state index in [9.17, 15) is 0 Å². The van der Waals surface area contributed by atoms with Crippen molar-refractivity contribution in [1.82, 2.24) is 9.78 Å². The molecule has 0 aliphatic heterocycles. The second-order valence-electron chi connectivity index (χ2n) is 3.25. The third-order valence-corrected chi connectivity index (χ3v) is 2.93. The first-order valence-corrected chi connectivity index (χ1v) is 6.05. The van der Waals surface area contributed by atoms with Gasteiger partial charge < -0.3 is 10.9 Å². The van der Waals surface area contributed by atoms with E-state index in [2.05, 4.69) is 32.8 Å². The molecule has 0 aliphatic carbocycles. The van der Waals surface area contributed by atoms with E-state index in [-0.39, 0.29) is 5.84 Å². The van der Waals surface area contributed by atoms with Gasteiger partial charge in [-0.15, -0.1) is 0 Å². The second kappa shape index (κ2) is 4.92. The van der Waals surface area contributed by atoms with Gasteiger partial charge in [0.25, 0.3) is 0 Å². The molecule has 0 unspecified atom stereocenters. The maximum Gasteiger partial charge on any atom is 0.172 e. The summed E-state index contributed by atoms with van der Waals surface area (Å²) in [6.07, 6.45) is 3.54. The Kier molecular flexibility index (Phi) is 3.53. The molecule has 0 bridgehead atoms. The minimum Gasteiger partial charge on any atom is -0.409 e. The molecule has 2 rings (SSSR count). The first-order chi connectivity index (χ1) is 8.11. The highest BCUT2D eigenvalue weighted by Gasteiger charge is 2.10. The molecule has 0 amide bonds. The number of nitrogens with zero attached hydrogens (tertiary/aromatic N) is 3. The zero-order chi connectivity index (χ0) is 12.4. The number of halogens is 2. The number of hydrogen-bond acceptors (Lipinski definition) is 3. The Morgan fingerprint density at radius 2 is 2.29 bits per heavy atom. The molecule has 1 heterocycles. The Balaban J connectivity index is 2.61. The number of hydrogen-bond donors (Lipinski definition) is 2. The molecule has 7 heteroatoms. The number of amidine groups is 1. The summed E-state index contributed by atoms with van der Waals surface area (Å²) in [5.74, 6) is -0.00647. The molecule has 0 saturated heterocycles. The molecule has 88 valence electrons. The summed E-state index contributed by atoms with van der Waals surface area (Å²) in [6.45, 7) is 0. The summed E-state index contributed by atoms with van der Waals surface area (Å²) in [5, 5.41) is 16.4. The van der Waals surface area contributed by atoms with Crippen molar-refractivity contribution in [3.05, 3.63) is 44.7 Å². The fourth-order valence-corrected chi connectivity index (χ4v) is 1.96. The van der Waals surface area contributed by atoms with Crippen molar-refractivity contribution in [1.29, 1.82) is 0 Å². The van der Waals surface area contributed by atoms with Crippen LogP contribution in [0.5, 0.6) is 0 Å². The maximum atomic E-state index is 8.74. The van der Waals surface area contributed by atoms with Crippen LogP contribution in [0.25, 0.3) is 5.69 Å². The van der Waals surface area contributed by atoms with Crippen molar-refractivity contribution in [2.45, 2.75) is 0 Å². The lowest BCUT2D eigenvalue weighted by atomic mass is 10.1. The molecule has 1 aromatic heterocycles. The minimum absolute atomic E-state index is 0.00647. The number of nitrogens with two attached hydrogens (primary N) is 1. The van der Waals surface area contributed by atoms with Crippen molar-refractivity contribution in [2.75, 3.05) is 0 Å². The van der Waals surface area contributed by atoms with E-state index in [1.165, 1.54) is 0 Å². The fourth-order valence-electron chi connectivity index (χ4n) is 1.40. The van der Waals surface area contributed by atoms with E-state index in [0.717, 1.165) is 3.57 Å². The van der Waals surface area contributed by atoms with Crippen LogP contribution in [0.15, 0.2) is 35.7 Å². The molecule has 0 spiro atoms. The molecule has 0 aliphatic rings. The van der Waals surface area contributed by atoms with Crippen molar-refractivity contribution in [3.8, 4) is 5.69 Å². The van der Waals surface area contributed by atoms with E-state index < -0.39 is 0 Å². The molecule has 0 radical (unpaired) electrons. The molecular weight excluding hydrogens is 354 g/mol. The van der Waals surface area contributed by atoms with Crippen LogP contribution in [0.4, 0.5) is 0 Å². The van der Waals surface area contributed by atoms with Gasteiger partial charge in [0, 0.05) is 16.8 Å². The van der Waals surface area contributed by atoms with Gasteiger partial charge in [0.05, 0.1) is 15.5 Å². The summed E-state index contributed by atoms with van der Waals surface area (Å²) in [6, 6.07) is 5.11. The lowest BCUT2D eigenvalue weighted by molar-refractivity contribution is 0.318. The van der Waals surface area contributed by atoms with Gasteiger partial charge in [0.2, 0.25) is 0 Å². The van der Waals surface area contributed by atoms with Crippen LogP contribution in [0.1, 0.15) is 5.56 Å². The molecule has 3 N–H and O–H groups in total. The van der Waals surface area contributed by atoms with Crippen molar-refractivity contribution >= 4 is 40.0 Å². The molecule has 5 nitrogen and oxygen atoms in total. The molecule has 0 atom stereocenters. The number of aromatic nitrogens is 2. The lowest BCUT2D eigenvalue weighted by Gasteiger charge is -2.08. The van der Waals surface area contributed by atoms with E-state index in [1.807, 2.05) is 6.20 Å². The van der Waals surface area contributed by atoms with Gasteiger partial charge in [0.15, 0.2) is 5.84 Å². The lowest BCUT2D eigenvalue weighted by Crippen LogP contribution is -2.16. The smallest absolute Gasteiger partial charge is 0.172 e. The molecular formula is C10H8ClIN4O. The van der Waals surface area contributed by atoms with Gasteiger partial charge in [-0.3, -0.25) is 0 Å². The van der Waals surface area contributed by atoms with Gasteiger partial charge in [-0.2, -0.15) is 5.10 Å². The van der Waals surface area contributed by atoms with E-state index in [0.29, 0.717) is 16.3 Å². The Bertz CT molecular complexity index is 581. The SMILES string of the molecule is NC(=NO)c1cc(Cl)ccc1-n1cc(I)cn1. The predicted molar refractivity (Wildman–Crippen MR) is 73.8 cm³/mol. The molecule has 0 saturated carbocycles. The number of oxime groups is 1. The van der Waals surface area contributed by atoms with E-state index in [1.54, 1.807) is 29.1 Å². The first kappa shape index (κ1) is 12.2. The Morgan fingerprint density at radius 3 is 2.88 bits per heavy atom. The van der Waals surface area contributed by atoms with E-state index in [4.69, 9.17) is 22.5 Å². The van der Waals surface area contributed by atoms with E-state index >= 15 is 0 Å². The highest BCUT2D eigenvalue weighted by atomic mass is 127. The van der Waals surface area contributed by atoms with Crippen LogP contribution in [0.3, 0.4) is 0 Å². The van der Waals surface area contributed by atoms with Gasteiger partial charge in [-0.1, -0.05) is 16.8 Å². The second-order valence-corrected chi connectivity index (χ2v) is 4.93. The van der Waals surface area contributed by atoms with Crippen molar-refractivity contribution in [3.63, 3.8) is 0 Å². The Hall–Kier alpha value is -1.28. The summed E-state index contributed by atoms with van der Waals surface area (Å²) in [5.41, 5.74) is 6.84. The van der Waals surface area contributed by atoms with Crippen LogP contribution in [-0.4, -0.2) is 20.8 Å². The summed E-state index contributed by atoms with van der Waals surface area (Å²) in [7, 11) is 0. The van der Waals surface area contributed by atoms with Crippen LogP contribution in [-0.2, 0) is 0 Å². The van der Waals surface area contributed by atoms with Crippen molar-refractivity contribution in [2.24, 2.45) is 10.9 Å². The van der Waals surface area contributed by atoms with Crippen LogP contribution < -0.4 is 5.73 Å². The van der Waals surface area contributed by atoms with Gasteiger partial charge in [-0.25, -0.2) is 4.68 Å². The van der Waals surface area contributed by atoms with Crippen molar-refractivity contribution < 1.29 is 5.21 Å². The standard InChI is InChI=1S/C10H8ClIN4O/c11-6-1-2-9(8(3-6)10(13)15-17)16-5-7(12)4-14-16/h1-5,17H,(H2,13,15). The third-order valence-electron chi connectivity index (χ3n) is 2.14. The largest absolute Gasteiger partial charge is 0.409 e. The fraction of sp³-hybridized carbons (Fsp3) is 0. The Morgan fingerprint density at radius 1 is 1.53 bits per heavy atom. The van der Waals surface area contributed by atoms with Gasteiger partial charge in [0.1, 0.15) is 0 Å². The minimum atomic E-state index is -0.00647.